The molecule has 1 aromatic carbocycles. The summed E-state index contributed by atoms with van der Waals surface area (Å²) in [5, 5.41) is 3.49. The summed E-state index contributed by atoms with van der Waals surface area (Å²) < 4.78 is 18.8. The second-order valence-electron chi connectivity index (χ2n) is 3.50. The maximum absolute atomic E-state index is 13.2. The van der Waals surface area contributed by atoms with E-state index in [1.807, 2.05) is 0 Å². The third-order valence-electron chi connectivity index (χ3n) is 2.21. The van der Waals surface area contributed by atoms with Crippen LogP contribution in [0.2, 0.25) is 0 Å². The van der Waals surface area contributed by atoms with Gasteiger partial charge in [-0.1, -0.05) is 0 Å². The Morgan fingerprint density at radius 1 is 1.58 bits per heavy atom. The van der Waals surface area contributed by atoms with Gasteiger partial charge in [-0.05, 0) is 41.1 Å². The summed E-state index contributed by atoms with van der Waals surface area (Å²) in [5.41, 5.74) is 2.25. The molecule has 0 aliphatic heterocycles. The molecule has 0 unspecified atom stereocenters. The Kier molecular flexibility index (Phi) is 4.49. The van der Waals surface area contributed by atoms with Crippen molar-refractivity contribution in [3.05, 3.63) is 39.7 Å². The molecule has 0 aliphatic rings. The van der Waals surface area contributed by atoms with Crippen molar-refractivity contribution in [2.75, 3.05) is 11.9 Å². The van der Waals surface area contributed by atoms with Crippen LogP contribution in [-0.2, 0) is 4.74 Å². The molecule has 0 saturated carbocycles. The second-order valence-corrected chi connectivity index (χ2v) is 5.21. The lowest BCUT2D eigenvalue weighted by Gasteiger charge is -2.08. The van der Waals surface area contributed by atoms with Gasteiger partial charge >= 0.3 is 5.97 Å². The van der Waals surface area contributed by atoms with Gasteiger partial charge in [0.1, 0.15) is 10.8 Å². The van der Waals surface area contributed by atoms with Gasteiger partial charge in [-0.2, -0.15) is 0 Å². The van der Waals surface area contributed by atoms with E-state index in [1.54, 1.807) is 13.0 Å². The molecule has 0 atom stereocenters. The number of hydrogen-bond donors (Lipinski definition) is 1. The number of nitrogens with one attached hydrogen (secondary N) is 1. The van der Waals surface area contributed by atoms with Gasteiger partial charge in [0.05, 0.1) is 17.8 Å². The number of halogens is 2. The monoisotopic (exact) mass is 344 g/mol. The Morgan fingerprint density at radius 2 is 2.37 bits per heavy atom. The Labute approximate surface area is 121 Å². The number of rotatable bonds is 4. The summed E-state index contributed by atoms with van der Waals surface area (Å²) in [6.45, 7) is 2.00. The minimum atomic E-state index is -0.501. The maximum Gasteiger partial charge on any atom is 0.360 e. The Morgan fingerprint density at radius 3 is 3.11 bits per heavy atom. The van der Waals surface area contributed by atoms with E-state index in [0.29, 0.717) is 15.2 Å². The number of aromatic nitrogens is 1. The quantitative estimate of drug-likeness (QED) is 0.852. The highest BCUT2D eigenvalue weighted by molar-refractivity contribution is 9.10. The van der Waals surface area contributed by atoms with Crippen molar-refractivity contribution < 1.29 is 13.9 Å². The molecular formula is C12H10BrFN2O2S. The molecule has 0 bridgehead atoms. The van der Waals surface area contributed by atoms with Crippen LogP contribution in [-0.4, -0.2) is 17.6 Å². The molecule has 0 radical (unpaired) electrons. The Bertz CT molecular complexity index is 603. The summed E-state index contributed by atoms with van der Waals surface area (Å²) in [5.74, 6) is -0.869. The van der Waals surface area contributed by atoms with E-state index in [9.17, 15) is 9.18 Å². The van der Waals surface area contributed by atoms with E-state index in [-0.39, 0.29) is 18.1 Å². The maximum atomic E-state index is 13.2. The van der Waals surface area contributed by atoms with Crippen LogP contribution in [0.3, 0.4) is 0 Å². The summed E-state index contributed by atoms with van der Waals surface area (Å²) in [6.07, 6.45) is 0. The van der Waals surface area contributed by atoms with Crippen molar-refractivity contribution in [2.45, 2.75) is 6.92 Å². The molecule has 2 aromatic rings. The third kappa shape index (κ3) is 3.30. The molecule has 4 nitrogen and oxygen atoms in total. The number of anilines is 2. The number of hydrogen-bond acceptors (Lipinski definition) is 5. The largest absolute Gasteiger partial charge is 0.461 e. The zero-order valence-electron chi connectivity index (χ0n) is 9.94. The predicted octanol–water partition coefficient (Wildman–Crippen LogP) is 3.97. The van der Waals surface area contributed by atoms with Gasteiger partial charge in [-0.3, -0.25) is 0 Å². The van der Waals surface area contributed by atoms with Crippen LogP contribution < -0.4 is 5.32 Å². The van der Waals surface area contributed by atoms with Crippen LogP contribution in [0.5, 0.6) is 0 Å². The fraction of sp³-hybridized carbons (Fsp3) is 0.167. The zero-order chi connectivity index (χ0) is 13.8. The number of carbonyl (C=O) groups excluding carboxylic acids is 1. The van der Waals surface area contributed by atoms with E-state index < -0.39 is 5.97 Å². The van der Waals surface area contributed by atoms with Gasteiger partial charge in [0.15, 0.2) is 5.69 Å². The van der Waals surface area contributed by atoms with E-state index in [4.69, 9.17) is 4.74 Å². The molecule has 1 aromatic heterocycles. The first-order chi connectivity index (χ1) is 9.11. The highest BCUT2D eigenvalue weighted by atomic mass is 79.9. The number of thiazole rings is 1. The second kappa shape index (κ2) is 6.12. The molecule has 19 heavy (non-hydrogen) atoms. The summed E-state index contributed by atoms with van der Waals surface area (Å²) >= 11 is 4.55. The molecule has 0 fully saturated rings. The van der Waals surface area contributed by atoms with Gasteiger partial charge in [-0.25, -0.2) is 14.2 Å². The van der Waals surface area contributed by atoms with E-state index in [0.717, 1.165) is 0 Å². The number of carbonyl (C=O) groups is 1. The average molecular weight is 345 g/mol. The van der Waals surface area contributed by atoms with Crippen LogP contribution in [0.25, 0.3) is 0 Å². The lowest BCUT2D eigenvalue weighted by atomic mass is 10.3. The first-order valence-electron chi connectivity index (χ1n) is 5.44. The molecule has 0 aliphatic carbocycles. The Balaban J connectivity index is 2.26. The topological polar surface area (TPSA) is 51.2 Å². The van der Waals surface area contributed by atoms with Crippen LogP contribution in [0.1, 0.15) is 17.4 Å². The summed E-state index contributed by atoms with van der Waals surface area (Å²) in [4.78, 5) is 15.6. The van der Waals surface area contributed by atoms with Gasteiger partial charge in [-0.15, -0.1) is 11.3 Å². The molecule has 0 saturated heterocycles. The normalized spacial score (nSPS) is 10.3. The highest BCUT2D eigenvalue weighted by Crippen LogP contribution is 2.30. The summed E-state index contributed by atoms with van der Waals surface area (Å²) in [6, 6.07) is 4.26. The SMILES string of the molecule is CCOC(=O)c1ncsc1Nc1cc(F)ccc1Br. The van der Waals surface area contributed by atoms with E-state index in [1.165, 1.54) is 29.0 Å². The van der Waals surface area contributed by atoms with Crippen LogP contribution >= 0.6 is 27.3 Å². The third-order valence-corrected chi connectivity index (χ3v) is 3.65. The fourth-order valence-corrected chi connectivity index (χ4v) is 2.42. The standard InChI is InChI=1S/C12H10BrFN2O2S/c1-2-18-12(17)10-11(19-6-15-10)16-9-5-7(14)3-4-8(9)13/h3-6,16H,2H2,1H3. The molecule has 2 rings (SSSR count). The molecule has 1 heterocycles. The Hall–Kier alpha value is -1.47. The van der Waals surface area contributed by atoms with Gasteiger partial charge in [0.2, 0.25) is 0 Å². The molecule has 7 heteroatoms. The number of ether oxygens (including phenoxy) is 1. The number of esters is 1. The average Bonchev–Trinajstić information content (AvgIpc) is 2.82. The first kappa shape index (κ1) is 14.0. The van der Waals surface area contributed by atoms with Crippen molar-refractivity contribution in [2.24, 2.45) is 0 Å². The minimum Gasteiger partial charge on any atom is -0.461 e. The molecule has 100 valence electrons. The smallest absolute Gasteiger partial charge is 0.360 e. The van der Waals surface area contributed by atoms with Crippen molar-refractivity contribution in [3.8, 4) is 0 Å². The number of benzene rings is 1. The van der Waals surface area contributed by atoms with Crippen LogP contribution in [0.4, 0.5) is 15.1 Å². The minimum absolute atomic E-state index is 0.197. The van der Waals surface area contributed by atoms with Crippen molar-refractivity contribution in [1.82, 2.24) is 4.98 Å². The fourth-order valence-electron chi connectivity index (χ4n) is 1.40. The van der Waals surface area contributed by atoms with E-state index in [2.05, 4.69) is 26.2 Å². The highest BCUT2D eigenvalue weighted by Gasteiger charge is 2.17. The molecule has 0 amide bonds. The van der Waals surface area contributed by atoms with Crippen LogP contribution in [0, 0.1) is 5.82 Å². The van der Waals surface area contributed by atoms with Gasteiger partial charge in [0.25, 0.3) is 0 Å². The molecule has 1 N–H and O–H groups in total. The van der Waals surface area contributed by atoms with Crippen LogP contribution in [0.15, 0.2) is 28.2 Å². The van der Waals surface area contributed by atoms with E-state index >= 15 is 0 Å². The van der Waals surface area contributed by atoms with Crippen molar-refractivity contribution in [3.63, 3.8) is 0 Å². The predicted molar refractivity (Wildman–Crippen MR) is 75.5 cm³/mol. The molecule has 0 spiro atoms. The van der Waals surface area contributed by atoms with Gasteiger partial charge < -0.3 is 10.1 Å². The van der Waals surface area contributed by atoms with Crippen molar-refractivity contribution >= 4 is 43.9 Å². The lowest BCUT2D eigenvalue weighted by Crippen LogP contribution is -2.07. The first-order valence-corrected chi connectivity index (χ1v) is 7.11. The van der Waals surface area contributed by atoms with Gasteiger partial charge in [0, 0.05) is 4.47 Å². The van der Waals surface area contributed by atoms with Crippen molar-refractivity contribution in [1.29, 1.82) is 0 Å². The summed E-state index contributed by atoms with van der Waals surface area (Å²) in [7, 11) is 0. The molecular weight excluding hydrogens is 335 g/mol. The number of nitrogens with zero attached hydrogens (tertiary/aromatic N) is 1. The lowest BCUT2D eigenvalue weighted by molar-refractivity contribution is 0.0521. The zero-order valence-corrected chi connectivity index (χ0v) is 12.3.